The molecule has 1 amide bonds. The lowest BCUT2D eigenvalue weighted by Crippen LogP contribution is -2.48. The highest BCUT2D eigenvalue weighted by molar-refractivity contribution is 6.48. The number of aromatic nitrogens is 1. The van der Waals surface area contributed by atoms with Crippen LogP contribution in [0.2, 0.25) is 0 Å². The first-order valence-electron chi connectivity index (χ1n) is 7.22. The van der Waals surface area contributed by atoms with E-state index in [1.165, 1.54) is 4.90 Å². The fraction of sp³-hybridized carbons (Fsp3) is 0.333. The summed E-state index contributed by atoms with van der Waals surface area (Å²) in [4.78, 5) is 28.1. The standard InChI is InChI=1S/C15H16ClN3O4/c16-11(3-4-18-5-7-19(8-6-18)15(21)22)10-1-2-12-13(9-10)23-14(20)17-12/h1-3,9H,4-8H2,(H,17,20)(H,21,22)/b11-3+. The van der Waals surface area contributed by atoms with Crippen molar-refractivity contribution in [3.8, 4) is 0 Å². The number of nitrogens with one attached hydrogen (secondary N) is 1. The molecule has 23 heavy (non-hydrogen) atoms. The number of H-pyrrole nitrogens is 1. The smallest absolute Gasteiger partial charge is 0.417 e. The van der Waals surface area contributed by atoms with Crippen molar-refractivity contribution in [1.29, 1.82) is 0 Å². The summed E-state index contributed by atoms with van der Waals surface area (Å²) in [5.41, 5.74) is 1.87. The third-order valence-corrected chi connectivity index (χ3v) is 4.24. The maximum atomic E-state index is 11.2. The number of piperazine rings is 1. The number of fused-ring (bicyclic) bond motifs is 1. The maximum Gasteiger partial charge on any atom is 0.417 e. The maximum absolute atomic E-state index is 11.2. The lowest BCUT2D eigenvalue weighted by atomic mass is 10.2. The summed E-state index contributed by atoms with van der Waals surface area (Å²) >= 11 is 6.31. The Bertz CT molecular complexity index is 802. The second-order valence-electron chi connectivity index (χ2n) is 5.35. The molecule has 0 aliphatic carbocycles. The van der Waals surface area contributed by atoms with Gasteiger partial charge in [-0.15, -0.1) is 0 Å². The van der Waals surface area contributed by atoms with Crippen molar-refractivity contribution in [1.82, 2.24) is 14.8 Å². The van der Waals surface area contributed by atoms with E-state index < -0.39 is 11.8 Å². The minimum Gasteiger partial charge on any atom is -0.465 e. The molecule has 1 fully saturated rings. The van der Waals surface area contributed by atoms with Gasteiger partial charge >= 0.3 is 11.8 Å². The van der Waals surface area contributed by atoms with E-state index in [-0.39, 0.29) is 0 Å². The summed E-state index contributed by atoms with van der Waals surface area (Å²) in [6.45, 7) is 3.00. The van der Waals surface area contributed by atoms with Crippen molar-refractivity contribution < 1.29 is 14.3 Å². The summed E-state index contributed by atoms with van der Waals surface area (Å²) in [6.07, 6.45) is 1.00. The first-order valence-corrected chi connectivity index (χ1v) is 7.60. The van der Waals surface area contributed by atoms with E-state index in [9.17, 15) is 9.59 Å². The van der Waals surface area contributed by atoms with Crippen LogP contribution in [0.15, 0.2) is 33.5 Å². The first-order chi connectivity index (χ1) is 11.0. The van der Waals surface area contributed by atoms with Gasteiger partial charge in [0.15, 0.2) is 5.58 Å². The van der Waals surface area contributed by atoms with Crippen LogP contribution in [0.3, 0.4) is 0 Å². The molecule has 1 aliphatic rings. The number of benzene rings is 1. The van der Waals surface area contributed by atoms with Crippen LogP contribution in [0.4, 0.5) is 4.79 Å². The second-order valence-corrected chi connectivity index (χ2v) is 5.75. The van der Waals surface area contributed by atoms with Crippen molar-refractivity contribution in [3.63, 3.8) is 0 Å². The Kier molecular flexibility index (Phi) is 4.40. The molecule has 2 N–H and O–H groups in total. The number of carboxylic acid groups (broad SMARTS) is 1. The highest BCUT2D eigenvalue weighted by Gasteiger charge is 2.19. The van der Waals surface area contributed by atoms with E-state index in [0.29, 0.717) is 48.9 Å². The van der Waals surface area contributed by atoms with Crippen molar-refractivity contribution in [2.24, 2.45) is 0 Å². The molecule has 0 bridgehead atoms. The highest BCUT2D eigenvalue weighted by Crippen LogP contribution is 2.22. The van der Waals surface area contributed by atoms with Gasteiger partial charge in [0.1, 0.15) is 0 Å². The van der Waals surface area contributed by atoms with Gasteiger partial charge in [0.2, 0.25) is 0 Å². The molecule has 0 unspecified atom stereocenters. The summed E-state index contributed by atoms with van der Waals surface area (Å²) in [7, 11) is 0. The number of amides is 1. The van der Waals surface area contributed by atoms with Crippen LogP contribution in [-0.4, -0.2) is 58.7 Å². The van der Waals surface area contributed by atoms with Gasteiger partial charge in [-0.1, -0.05) is 23.7 Å². The van der Waals surface area contributed by atoms with E-state index in [1.54, 1.807) is 12.1 Å². The molecular weight excluding hydrogens is 322 g/mol. The molecule has 1 aromatic heterocycles. The summed E-state index contributed by atoms with van der Waals surface area (Å²) < 4.78 is 5.02. The monoisotopic (exact) mass is 337 g/mol. The molecule has 3 rings (SSSR count). The van der Waals surface area contributed by atoms with Gasteiger partial charge in [-0.25, -0.2) is 9.59 Å². The molecule has 7 nitrogen and oxygen atoms in total. The minimum absolute atomic E-state index is 0.467. The van der Waals surface area contributed by atoms with E-state index in [0.717, 1.165) is 5.56 Å². The SMILES string of the molecule is O=C(O)N1CCN(C/C=C(/Cl)c2ccc3[nH]c(=O)oc3c2)CC1. The third-order valence-electron chi connectivity index (χ3n) is 3.87. The van der Waals surface area contributed by atoms with Crippen molar-refractivity contribution in [2.75, 3.05) is 32.7 Å². The van der Waals surface area contributed by atoms with Crippen LogP contribution in [0, 0.1) is 0 Å². The predicted octanol–water partition coefficient (Wildman–Crippen LogP) is 2.00. The lowest BCUT2D eigenvalue weighted by Gasteiger charge is -2.32. The Labute approximate surface area is 136 Å². The Balaban J connectivity index is 1.65. The number of hydrogen-bond acceptors (Lipinski definition) is 4. The number of rotatable bonds is 3. The van der Waals surface area contributed by atoms with Gasteiger partial charge in [-0.3, -0.25) is 9.88 Å². The lowest BCUT2D eigenvalue weighted by molar-refractivity contribution is 0.110. The number of halogens is 1. The topological polar surface area (TPSA) is 89.8 Å². The quantitative estimate of drug-likeness (QED) is 0.894. The Hall–Kier alpha value is -2.25. The zero-order chi connectivity index (χ0) is 16.4. The molecule has 2 heterocycles. The van der Waals surface area contributed by atoms with Crippen molar-refractivity contribution >= 4 is 33.8 Å². The number of carbonyl (C=O) groups is 1. The summed E-state index contributed by atoms with van der Waals surface area (Å²) in [6, 6.07) is 5.28. The molecule has 1 aromatic carbocycles. The zero-order valence-electron chi connectivity index (χ0n) is 12.3. The minimum atomic E-state index is -0.875. The van der Waals surface area contributed by atoms with Crippen LogP contribution in [-0.2, 0) is 0 Å². The molecule has 122 valence electrons. The van der Waals surface area contributed by atoms with Crippen LogP contribution in [0.1, 0.15) is 5.56 Å². The largest absolute Gasteiger partial charge is 0.465 e. The predicted molar refractivity (Wildman–Crippen MR) is 86.7 cm³/mol. The summed E-state index contributed by atoms with van der Waals surface area (Å²) in [5, 5.41) is 9.49. The van der Waals surface area contributed by atoms with Crippen molar-refractivity contribution in [2.45, 2.75) is 0 Å². The summed E-state index contributed by atoms with van der Waals surface area (Å²) in [5.74, 6) is -0.492. The third kappa shape index (κ3) is 3.57. The number of nitrogens with zero attached hydrogens (tertiary/aromatic N) is 2. The molecule has 8 heteroatoms. The van der Waals surface area contributed by atoms with E-state index in [1.807, 2.05) is 12.1 Å². The Morgan fingerprint density at radius 2 is 2.09 bits per heavy atom. The molecule has 2 aromatic rings. The first kappa shape index (κ1) is 15.6. The van der Waals surface area contributed by atoms with Gasteiger partial charge in [0.05, 0.1) is 5.52 Å². The van der Waals surface area contributed by atoms with Gasteiger partial charge in [0, 0.05) is 37.8 Å². The van der Waals surface area contributed by atoms with E-state index >= 15 is 0 Å². The number of hydrogen-bond donors (Lipinski definition) is 2. The molecule has 0 spiro atoms. The number of oxazole rings is 1. The van der Waals surface area contributed by atoms with Crippen LogP contribution in [0.25, 0.3) is 16.1 Å². The Morgan fingerprint density at radius 1 is 1.35 bits per heavy atom. The fourth-order valence-corrected chi connectivity index (χ4v) is 2.73. The number of aromatic amines is 1. The molecule has 0 atom stereocenters. The van der Waals surface area contributed by atoms with Crippen LogP contribution < -0.4 is 5.76 Å². The Morgan fingerprint density at radius 3 is 2.78 bits per heavy atom. The van der Waals surface area contributed by atoms with Crippen LogP contribution in [0.5, 0.6) is 0 Å². The second kappa shape index (κ2) is 6.47. The highest BCUT2D eigenvalue weighted by atomic mass is 35.5. The van der Waals surface area contributed by atoms with E-state index in [4.69, 9.17) is 21.1 Å². The molecule has 1 aliphatic heterocycles. The van der Waals surface area contributed by atoms with Crippen molar-refractivity contribution in [3.05, 3.63) is 40.4 Å². The normalized spacial score (nSPS) is 16.9. The van der Waals surface area contributed by atoms with Crippen LogP contribution >= 0.6 is 11.6 Å². The zero-order valence-corrected chi connectivity index (χ0v) is 13.0. The van der Waals surface area contributed by atoms with Gasteiger partial charge < -0.3 is 14.4 Å². The molecule has 0 saturated carbocycles. The molecule has 0 radical (unpaired) electrons. The van der Waals surface area contributed by atoms with Gasteiger partial charge in [-0.05, 0) is 17.7 Å². The average molecular weight is 338 g/mol. The van der Waals surface area contributed by atoms with Gasteiger partial charge in [0.25, 0.3) is 0 Å². The van der Waals surface area contributed by atoms with E-state index in [2.05, 4.69) is 9.88 Å². The fourth-order valence-electron chi connectivity index (χ4n) is 2.54. The average Bonchev–Trinajstić information content (AvgIpc) is 2.92. The molecule has 1 saturated heterocycles. The molecular formula is C15H16ClN3O4. The van der Waals surface area contributed by atoms with Gasteiger partial charge in [-0.2, -0.15) is 0 Å².